The summed E-state index contributed by atoms with van der Waals surface area (Å²) in [5.74, 6) is 0.133. The van der Waals surface area contributed by atoms with Crippen molar-refractivity contribution < 1.29 is 9.53 Å². The van der Waals surface area contributed by atoms with E-state index in [0.29, 0.717) is 19.6 Å². The van der Waals surface area contributed by atoms with Crippen LogP contribution >= 0.6 is 0 Å². The Balaban J connectivity index is 1.81. The molecule has 1 atom stereocenters. The van der Waals surface area contributed by atoms with E-state index < -0.39 is 0 Å². The van der Waals surface area contributed by atoms with Crippen LogP contribution in [0.25, 0.3) is 0 Å². The van der Waals surface area contributed by atoms with E-state index in [1.54, 1.807) is 0 Å². The van der Waals surface area contributed by atoms with Crippen LogP contribution in [0.2, 0.25) is 0 Å². The highest BCUT2D eigenvalue weighted by Crippen LogP contribution is 2.31. The molecule has 1 aliphatic rings. The molecule has 0 spiro atoms. The van der Waals surface area contributed by atoms with E-state index in [-0.39, 0.29) is 17.6 Å². The monoisotopic (exact) mass is 341 g/mol. The minimum absolute atomic E-state index is 0.0748. The molecule has 0 saturated carbocycles. The van der Waals surface area contributed by atoms with Gasteiger partial charge in [0.1, 0.15) is 6.10 Å². The van der Waals surface area contributed by atoms with Gasteiger partial charge < -0.3 is 9.64 Å². The average Bonchev–Trinajstić information content (AvgIpc) is 2.81. The molecule has 2 heterocycles. The Morgan fingerprint density at radius 2 is 1.96 bits per heavy atom. The molecule has 1 aliphatic heterocycles. The SMILES string of the molecule is Cc1nn(C)c(C)c1CC(=O)N1C[C@@H](c2ccccc2)OCC1(C)C. The van der Waals surface area contributed by atoms with Crippen molar-refractivity contribution in [3.63, 3.8) is 0 Å². The van der Waals surface area contributed by atoms with E-state index >= 15 is 0 Å². The highest BCUT2D eigenvalue weighted by Gasteiger charge is 2.38. The van der Waals surface area contributed by atoms with Crippen LogP contribution in [0, 0.1) is 13.8 Å². The molecule has 1 fully saturated rings. The number of morpholine rings is 1. The number of nitrogens with zero attached hydrogens (tertiary/aromatic N) is 3. The lowest BCUT2D eigenvalue weighted by Crippen LogP contribution is -2.56. The second kappa shape index (κ2) is 6.64. The number of hydrogen-bond donors (Lipinski definition) is 0. The first-order chi connectivity index (χ1) is 11.8. The fourth-order valence-corrected chi connectivity index (χ4v) is 3.48. The number of hydrogen-bond acceptors (Lipinski definition) is 3. The topological polar surface area (TPSA) is 47.4 Å². The molecule has 1 saturated heterocycles. The van der Waals surface area contributed by atoms with Crippen LogP contribution in [0.5, 0.6) is 0 Å². The maximum absolute atomic E-state index is 13.1. The Kier molecular flexibility index (Phi) is 4.69. The Bertz CT molecular complexity index is 765. The van der Waals surface area contributed by atoms with Gasteiger partial charge in [-0.15, -0.1) is 0 Å². The van der Waals surface area contributed by atoms with E-state index in [1.807, 2.05) is 48.7 Å². The lowest BCUT2D eigenvalue weighted by molar-refractivity contribution is -0.154. The van der Waals surface area contributed by atoms with E-state index in [4.69, 9.17) is 4.74 Å². The van der Waals surface area contributed by atoms with Gasteiger partial charge in [0, 0.05) is 18.3 Å². The third kappa shape index (κ3) is 3.47. The zero-order valence-corrected chi connectivity index (χ0v) is 15.7. The fraction of sp³-hybridized carbons (Fsp3) is 0.500. The van der Waals surface area contributed by atoms with Gasteiger partial charge in [0.05, 0.1) is 30.8 Å². The highest BCUT2D eigenvalue weighted by atomic mass is 16.5. The summed E-state index contributed by atoms with van der Waals surface area (Å²) in [5.41, 5.74) is 3.82. The minimum atomic E-state index is -0.313. The smallest absolute Gasteiger partial charge is 0.227 e. The number of amides is 1. The summed E-state index contributed by atoms with van der Waals surface area (Å²) in [6.07, 6.45) is 0.311. The third-order valence-corrected chi connectivity index (χ3v) is 5.18. The maximum atomic E-state index is 13.1. The number of ether oxygens (including phenoxy) is 1. The molecule has 3 rings (SSSR count). The molecule has 5 heteroatoms. The molecule has 0 unspecified atom stereocenters. The standard InChI is InChI=1S/C20H27N3O2/c1-14-17(15(2)22(5)21-14)11-19(24)23-12-18(25-13-20(23,3)4)16-9-7-6-8-10-16/h6-10,18H,11-13H2,1-5H3/t18-/m0/s1. The Morgan fingerprint density at radius 1 is 1.28 bits per heavy atom. The van der Waals surface area contributed by atoms with E-state index in [9.17, 15) is 4.79 Å². The van der Waals surface area contributed by atoms with Crippen molar-refractivity contribution in [2.24, 2.45) is 7.05 Å². The zero-order valence-electron chi connectivity index (χ0n) is 15.7. The first-order valence-electron chi connectivity index (χ1n) is 8.75. The zero-order chi connectivity index (χ0) is 18.2. The molecule has 2 aromatic rings. The quantitative estimate of drug-likeness (QED) is 0.862. The van der Waals surface area contributed by atoms with Crippen LogP contribution in [0.3, 0.4) is 0 Å². The Hall–Kier alpha value is -2.14. The van der Waals surface area contributed by atoms with Crippen molar-refractivity contribution in [3.8, 4) is 0 Å². The van der Waals surface area contributed by atoms with E-state index in [0.717, 1.165) is 22.5 Å². The predicted octanol–water partition coefficient (Wildman–Crippen LogP) is 2.96. The van der Waals surface area contributed by atoms with Gasteiger partial charge in [0.25, 0.3) is 0 Å². The lowest BCUT2D eigenvalue weighted by atomic mass is 9.96. The molecule has 0 radical (unpaired) electrons. The number of benzene rings is 1. The molecule has 25 heavy (non-hydrogen) atoms. The lowest BCUT2D eigenvalue weighted by Gasteiger charge is -2.45. The summed E-state index contributed by atoms with van der Waals surface area (Å²) in [5, 5.41) is 4.43. The molecule has 0 aliphatic carbocycles. The number of carbonyl (C=O) groups excluding carboxylic acids is 1. The van der Waals surface area contributed by atoms with Crippen molar-refractivity contribution in [2.45, 2.75) is 45.8 Å². The van der Waals surface area contributed by atoms with Gasteiger partial charge in [-0.1, -0.05) is 30.3 Å². The van der Waals surface area contributed by atoms with Gasteiger partial charge in [-0.2, -0.15) is 5.10 Å². The average molecular weight is 341 g/mol. The second-order valence-corrected chi connectivity index (χ2v) is 7.48. The van der Waals surface area contributed by atoms with Crippen LogP contribution < -0.4 is 0 Å². The molecule has 1 aromatic carbocycles. The van der Waals surface area contributed by atoms with Crippen molar-refractivity contribution >= 4 is 5.91 Å². The molecule has 1 aromatic heterocycles. The first kappa shape index (κ1) is 17.7. The Labute approximate surface area is 149 Å². The summed E-state index contributed by atoms with van der Waals surface area (Å²) in [7, 11) is 1.92. The van der Waals surface area contributed by atoms with Gasteiger partial charge in [-0.3, -0.25) is 9.48 Å². The summed E-state index contributed by atoms with van der Waals surface area (Å²) < 4.78 is 7.89. The van der Waals surface area contributed by atoms with Crippen LogP contribution in [0.4, 0.5) is 0 Å². The van der Waals surface area contributed by atoms with Crippen molar-refractivity contribution in [3.05, 3.63) is 52.8 Å². The van der Waals surface area contributed by atoms with Gasteiger partial charge in [-0.05, 0) is 33.3 Å². The number of aryl methyl sites for hydroxylation is 2. The van der Waals surface area contributed by atoms with Crippen molar-refractivity contribution in [2.75, 3.05) is 13.2 Å². The molecule has 0 N–H and O–H groups in total. The van der Waals surface area contributed by atoms with E-state index in [2.05, 4.69) is 31.1 Å². The fourth-order valence-electron chi connectivity index (χ4n) is 3.48. The first-order valence-corrected chi connectivity index (χ1v) is 8.75. The molecule has 1 amide bonds. The summed E-state index contributed by atoms with van der Waals surface area (Å²) >= 11 is 0. The van der Waals surface area contributed by atoms with Gasteiger partial charge in [0.15, 0.2) is 0 Å². The Morgan fingerprint density at radius 3 is 2.56 bits per heavy atom. The minimum Gasteiger partial charge on any atom is -0.369 e. The summed E-state index contributed by atoms with van der Waals surface area (Å²) in [6, 6.07) is 10.1. The normalized spacial score (nSPS) is 19.9. The van der Waals surface area contributed by atoms with E-state index in [1.165, 1.54) is 0 Å². The summed E-state index contributed by atoms with van der Waals surface area (Å²) in [4.78, 5) is 15.1. The molecular weight excluding hydrogens is 314 g/mol. The molecule has 134 valence electrons. The highest BCUT2D eigenvalue weighted by molar-refractivity contribution is 5.80. The van der Waals surface area contributed by atoms with Crippen LogP contribution in [0.1, 0.15) is 42.5 Å². The van der Waals surface area contributed by atoms with Gasteiger partial charge in [0.2, 0.25) is 5.91 Å². The number of aromatic nitrogens is 2. The van der Waals surface area contributed by atoms with Crippen LogP contribution in [-0.4, -0.2) is 39.3 Å². The summed E-state index contributed by atoms with van der Waals surface area (Å²) in [6.45, 7) is 9.22. The molecule has 0 bridgehead atoms. The largest absolute Gasteiger partial charge is 0.369 e. The van der Waals surface area contributed by atoms with Gasteiger partial charge in [-0.25, -0.2) is 0 Å². The third-order valence-electron chi connectivity index (χ3n) is 5.18. The van der Waals surface area contributed by atoms with Crippen LogP contribution in [-0.2, 0) is 23.0 Å². The second-order valence-electron chi connectivity index (χ2n) is 7.48. The number of carbonyl (C=O) groups is 1. The molecular formula is C20H27N3O2. The van der Waals surface area contributed by atoms with Crippen molar-refractivity contribution in [1.29, 1.82) is 0 Å². The van der Waals surface area contributed by atoms with Crippen LogP contribution in [0.15, 0.2) is 30.3 Å². The number of rotatable bonds is 3. The molecule has 5 nitrogen and oxygen atoms in total. The maximum Gasteiger partial charge on any atom is 0.227 e. The van der Waals surface area contributed by atoms with Crippen molar-refractivity contribution in [1.82, 2.24) is 14.7 Å². The predicted molar refractivity (Wildman–Crippen MR) is 97.3 cm³/mol. The van der Waals surface area contributed by atoms with Gasteiger partial charge >= 0.3 is 0 Å².